The van der Waals surface area contributed by atoms with Crippen LogP contribution in [0.5, 0.6) is 5.75 Å². The Morgan fingerprint density at radius 2 is 1.43 bits per heavy atom. The van der Waals surface area contributed by atoms with Crippen molar-refractivity contribution < 1.29 is 33.4 Å². The van der Waals surface area contributed by atoms with Gasteiger partial charge in [0.25, 0.3) is 5.91 Å². The normalized spacial score (nSPS) is 10.7. The lowest BCUT2D eigenvalue weighted by atomic mass is 10.1. The zero-order chi connectivity index (χ0) is 22.9. The van der Waals surface area contributed by atoms with Crippen molar-refractivity contribution in [3.05, 3.63) is 29.3 Å². The maximum atomic E-state index is 12.3. The summed E-state index contributed by atoms with van der Waals surface area (Å²) in [6.45, 7) is 8.67. The van der Waals surface area contributed by atoms with Crippen LogP contribution in [0, 0.1) is 0 Å². The molecule has 9 heteroatoms. The molecule has 0 bridgehead atoms. The molecule has 0 radical (unpaired) electrons. The number of esters is 2. The van der Waals surface area contributed by atoms with Gasteiger partial charge in [-0.05, 0) is 52.8 Å². The molecule has 0 saturated carbocycles. The molecule has 0 aromatic heterocycles. The second-order valence-corrected chi connectivity index (χ2v) is 7.52. The first kappa shape index (κ1) is 24.9. The molecule has 1 aromatic carbocycles. The topological polar surface area (TPSA) is 111 Å². The number of likely N-dealkylation sites (N-methyl/N-ethyl adjacent to an activating group) is 1. The number of carbonyl (C=O) groups excluding carboxylic acids is 4. The van der Waals surface area contributed by atoms with Gasteiger partial charge in [-0.15, -0.1) is 0 Å². The molecule has 0 aliphatic carbocycles. The standard InChI is InChI=1S/C21H30N2O7/c1-7-28-19(26)14-9-15(20(27)29-8-2)11-16(10-14)30-13-18(25)23(6)12-17(24)22-21(3,4)5/h9-11H,7-8,12-13H2,1-6H3,(H,22,24). The number of amides is 2. The van der Waals surface area contributed by atoms with Crippen LogP contribution in [0.3, 0.4) is 0 Å². The SMILES string of the molecule is CCOC(=O)c1cc(OCC(=O)N(C)CC(=O)NC(C)(C)C)cc(C(=O)OCC)c1. The van der Waals surface area contributed by atoms with Crippen molar-refractivity contribution in [2.75, 3.05) is 33.4 Å². The van der Waals surface area contributed by atoms with Gasteiger partial charge < -0.3 is 24.4 Å². The Morgan fingerprint density at radius 3 is 1.87 bits per heavy atom. The van der Waals surface area contributed by atoms with Crippen LogP contribution in [-0.4, -0.2) is 67.6 Å². The van der Waals surface area contributed by atoms with Gasteiger partial charge >= 0.3 is 11.9 Å². The number of rotatable bonds is 9. The van der Waals surface area contributed by atoms with Crippen LogP contribution < -0.4 is 10.1 Å². The van der Waals surface area contributed by atoms with Crippen LogP contribution in [0.1, 0.15) is 55.3 Å². The number of ether oxygens (including phenoxy) is 3. The van der Waals surface area contributed by atoms with Crippen molar-refractivity contribution in [1.82, 2.24) is 10.2 Å². The van der Waals surface area contributed by atoms with E-state index in [9.17, 15) is 19.2 Å². The highest BCUT2D eigenvalue weighted by Crippen LogP contribution is 2.19. The fourth-order valence-corrected chi connectivity index (χ4v) is 2.36. The predicted molar refractivity (Wildman–Crippen MR) is 109 cm³/mol. The van der Waals surface area contributed by atoms with Gasteiger partial charge in [-0.3, -0.25) is 9.59 Å². The Labute approximate surface area is 176 Å². The minimum atomic E-state index is -0.629. The molecule has 166 valence electrons. The summed E-state index contributed by atoms with van der Waals surface area (Å²) in [7, 11) is 1.48. The summed E-state index contributed by atoms with van der Waals surface area (Å²) < 4.78 is 15.4. The van der Waals surface area contributed by atoms with E-state index in [1.165, 1.54) is 30.1 Å². The number of nitrogens with zero attached hydrogens (tertiary/aromatic N) is 1. The number of benzene rings is 1. The van der Waals surface area contributed by atoms with E-state index in [2.05, 4.69) is 5.32 Å². The zero-order valence-corrected chi connectivity index (χ0v) is 18.4. The van der Waals surface area contributed by atoms with E-state index >= 15 is 0 Å². The van der Waals surface area contributed by atoms with E-state index in [1.807, 2.05) is 20.8 Å². The Kier molecular flexibility index (Phi) is 9.29. The lowest BCUT2D eigenvalue weighted by Gasteiger charge is -2.23. The van der Waals surface area contributed by atoms with Gasteiger partial charge in [0.2, 0.25) is 5.91 Å². The smallest absolute Gasteiger partial charge is 0.338 e. The summed E-state index contributed by atoms with van der Waals surface area (Å²) in [5, 5.41) is 2.77. The molecule has 2 amide bonds. The summed E-state index contributed by atoms with van der Waals surface area (Å²) in [6.07, 6.45) is 0. The van der Waals surface area contributed by atoms with E-state index in [-0.39, 0.29) is 49.1 Å². The van der Waals surface area contributed by atoms with E-state index < -0.39 is 23.4 Å². The van der Waals surface area contributed by atoms with Crippen molar-refractivity contribution >= 4 is 23.8 Å². The third kappa shape index (κ3) is 8.50. The Balaban J connectivity index is 2.87. The molecule has 0 saturated heterocycles. The highest BCUT2D eigenvalue weighted by atomic mass is 16.5. The molecular weight excluding hydrogens is 392 g/mol. The Hall–Kier alpha value is -3.10. The molecule has 9 nitrogen and oxygen atoms in total. The average Bonchev–Trinajstić information content (AvgIpc) is 2.64. The van der Waals surface area contributed by atoms with Crippen molar-refractivity contribution in [1.29, 1.82) is 0 Å². The molecule has 0 heterocycles. The second-order valence-electron chi connectivity index (χ2n) is 7.52. The average molecular weight is 422 g/mol. The summed E-state index contributed by atoms with van der Waals surface area (Å²) in [6, 6.07) is 4.09. The summed E-state index contributed by atoms with van der Waals surface area (Å²) >= 11 is 0. The first-order chi connectivity index (χ1) is 14.0. The fraction of sp³-hybridized carbons (Fsp3) is 0.524. The Morgan fingerprint density at radius 1 is 0.933 bits per heavy atom. The minimum absolute atomic E-state index is 0.0998. The Bertz CT molecular complexity index is 748. The first-order valence-corrected chi connectivity index (χ1v) is 9.64. The van der Waals surface area contributed by atoms with Crippen molar-refractivity contribution in [2.45, 2.75) is 40.2 Å². The highest BCUT2D eigenvalue weighted by molar-refractivity contribution is 5.96. The van der Waals surface area contributed by atoms with Crippen molar-refractivity contribution in [2.24, 2.45) is 0 Å². The van der Waals surface area contributed by atoms with E-state index in [4.69, 9.17) is 14.2 Å². The van der Waals surface area contributed by atoms with Gasteiger partial charge in [0.15, 0.2) is 6.61 Å². The zero-order valence-electron chi connectivity index (χ0n) is 18.4. The van der Waals surface area contributed by atoms with E-state index in [0.29, 0.717) is 0 Å². The van der Waals surface area contributed by atoms with Crippen molar-refractivity contribution in [3.63, 3.8) is 0 Å². The molecule has 0 fully saturated rings. The van der Waals surface area contributed by atoms with E-state index in [0.717, 1.165) is 0 Å². The third-order valence-corrected chi connectivity index (χ3v) is 3.61. The molecule has 0 aliphatic rings. The molecule has 0 aliphatic heterocycles. The molecular formula is C21H30N2O7. The maximum absolute atomic E-state index is 12.3. The summed E-state index contributed by atoms with van der Waals surface area (Å²) in [5.74, 6) is -1.87. The summed E-state index contributed by atoms with van der Waals surface area (Å²) in [5.41, 5.74) is -0.209. The molecule has 30 heavy (non-hydrogen) atoms. The van der Waals surface area contributed by atoms with Crippen LogP contribution in [0.4, 0.5) is 0 Å². The van der Waals surface area contributed by atoms with Crippen molar-refractivity contribution in [3.8, 4) is 5.75 Å². The van der Waals surface area contributed by atoms with Gasteiger partial charge in [0.1, 0.15) is 5.75 Å². The number of hydrogen-bond donors (Lipinski definition) is 1. The van der Waals surface area contributed by atoms with Gasteiger partial charge in [0.05, 0.1) is 30.9 Å². The van der Waals surface area contributed by atoms with Crippen LogP contribution in [0.2, 0.25) is 0 Å². The second kappa shape index (κ2) is 11.2. The van der Waals surface area contributed by atoms with Crippen LogP contribution >= 0.6 is 0 Å². The lowest BCUT2D eigenvalue weighted by molar-refractivity contribution is -0.136. The number of carbonyl (C=O) groups is 4. The predicted octanol–water partition coefficient (Wildman–Crippen LogP) is 1.79. The number of nitrogens with one attached hydrogen (secondary N) is 1. The van der Waals surface area contributed by atoms with Crippen LogP contribution in [-0.2, 0) is 19.1 Å². The minimum Gasteiger partial charge on any atom is -0.484 e. The molecule has 1 N–H and O–H groups in total. The summed E-state index contributed by atoms with van der Waals surface area (Å²) in [4.78, 5) is 49.6. The lowest BCUT2D eigenvalue weighted by Crippen LogP contribution is -2.47. The molecule has 1 aromatic rings. The van der Waals surface area contributed by atoms with Gasteiger partial charge in [0, 0.05) is 12.6 Å². The van der Waals surface area contributed by atoms with Crippen LogP contribution in [0.15, 0.2) is 18.2 Å². The third-order valence-electron chi connectivity index (χ3n) is 3.61. The fourth-order valence-electron chi connectivity index (χ4n) is 2.36. The molecule has 0 atom stereocenters. The maximum Gasteiger partial charge on any atom is 0.338 e. The molecule has 1 rings (SSSR count). The largest absolute Gasteiger partial charge is 0.484 e. The number of hydrogen-bond acceptors (Lipinski definition) is 7. The monoisotopic (exact) mass is 422 g/mol. The van der Waals surface area contributed by atoms with Crippen LogP contribution in [0.25, 0.3) is 0 Å². The van der Waals surface area contributed by atoms with Gasteiger partial charge in [-0.25, -0.2) is 9.59 Å². The van der Waals surface area contributed by atoms with Gasteiger partial charge in [-0.1, -0.05) is 0 Å². The first-order valence-electron chi connectivity index (χ1n) is 9.64. The van der Waals surface area contributed by atoms with E-state index in [1.54, 1.807) is 13.8 Å². The molecule has 0 spiro atoms. The highest BCUT2D eigenvalue weighted by Gasteiger charge is 2.19. The molecule has 0 unspecified atom stereocenters. The quantitative estimate of drug-likeness (QED) is 0.604. The van der Waals surface area contributed by atoms with Gasteiger partial charge in [-0.2, -0.15) is 0 Å².